The van der Waals surface area contributed by atoms with E-state index in [9.17, 15) is 9.59 Å². The highest BCUT2D eigenvalue weighted by Crippen LogP contribution is 2.31. The van der Waals surface area contributed by atoms with Crippen LogP contribution in [0.3, 0.4) is 0 Å². The maximum Gasteiger partial charge on any atom is 0.262 e. The van der Waals surface area contributed by atoms with E-state index in [2.05, 4.69) is 21.6 Å². The van der Waals surface area contributed by atoms with E-state index in [1.54, 1.807) is 18.2 Å². The van der Waals surface area contributed by atoms with Gasteiger partial charge >= 0.3 is 0 Å². The zero-order chi connectivity index (χ0) is 17.4. The Labute approximate surface area is 145 Å². The van der Waals surface area contributed by atoms with Gasteiger partial charge < -0.3 is 15.0 Å². The first-order valence-corrected chi connectivity index (χ1v) is 8.48. The quantitative estimate of drug-likeness (QED) is 0.876. The lowest BCUT2D eigenvalue weighted by Gasteiger charge is -2.31. The summed E-state index contributed by atoms with van der Waals surface area (Å²) < 4.78 is 5.33. The number of hydrogen-bond donors (Lipinski definition) is 2. The minimum absolute atomic E-state index is 0.0144. The predicted molar refractivity (Wildman–Crippen MR) is 91.8 cm³/mol. The van der Waals surface area contributed by atoms with Gasteiger partial charge in [0, 0.05) is 30.3 Å². The van der Waals surface area contributed by atoms with E-state index in [1.165, 1.54) is 0 Å². The van der Waals surface area contributed by atoms with Crippen LogP contribution in [0.5, 0.6) is 5.75 Å². The second-order valence-corrected chi connectivity index (χ2v) is 6.59. The van der Waals surface area contributed by atoms with E-state index in [0.717, 1.165) is 24.2 Å². The molecule has 0 unspecified atom stereocenters. The molecule has 1 aromatic heterocycles. The number of piperidine rings is 1. The summed E-state index contributed by atoms with van der Waals surface area (Å²) in [6.45, 7) is 3.42. The zero-order valence-electron chi connectivity index (χ0n) is 14.0. The first-order chi connectivity index (χ1) is 12.1. The normalized spacial score (nSPS) is 17.6. The Bertz CT molecular complexity index is 821. The van der Waals surface area contributed by atoms with Gasteiger partial charge in [0.2, 0.25) is 0 Å². The van der Waals surface area contributed by atoms with Crippen molar-refractivity contribution in [2.45, 2.75) is 25.7 Å². The number of nitrogens with one attached hydrogen (secondary N) is 2. The van der Waals surface area contributed by atoms with E-state index in [0.29, 0.717) is 36.0 Å². The van der Waals surface area contributed by atoms with Crippen LogP contribution in [-0.4, -0.2) is 46.6 Å². The molecule has 0 radical (unpaired) electrons. The molecule has 1 fully saturated rings. The van der Waals surface area contributed by atoms with Crippen LogP contribution in [0.4, 0.5) is 5.69 Å². The van der Waals surface area contributed by atoms with Gasteiger partial charge in [-0.3, -0.25) is 14.7 Å². The summed E-state index contributed by atoms with van der Waals surface area (Å²) in [6.07, 6.45) is 1.81. The second kappa shape index (κ2) is 6.23. The topological polar surface area (TPSA) is 87.3 Å². The van der Waals surface area contributed by atoms with Gasteiger partial charge in [0.15, 0.2) is 6.61 Å². The van der Waals surface area contributed by atoms with E-state index in [1.807, 2.05) is 11.8 Å². The Morgan fingerprint density at radius 3 is 2.80 bits per heavy atom. The van der Waals surface area contributed by atoms with Crippen molar-refractivity contribution in [1.82, 2.24) is 15.1 Å². The summed E-state index contributed by atoms with van der Waals surface area (Å²) in [4.78, 5) is 26.1. The number of carbonyl (C=O) groups is 2. The molecule has 0 atom stereocenters. The van der Waals surface area contributed by atoms with Gasteiger partial charge in [-0.05, 0) is 44.0 Å². The fourth-order valence-electron chi connectivity index (χ4n) is 3.43. The number of nitrogens with zero attached hydrogens (tertiary/aromatic N) is 2. The molecule has 7 nitrogen and oxygen atoms in total. The molecule has 4 rings (SSSR count). The highest BCUT2D eigenvalue weighted by atomic mass is 16.5. The van der Waals surface area contributed by atoms with Crippen LogP contribution in [0.25, 0.3) is 0 Å². The predicted octanol–water partition coefficient (Wildman–Crippen LogP) is 2.07. The van der Waals surface area contributed by atoms with Crippen molar-refractivity contribution in [2.24, 2.45) is 0 Å². The first kappa shape index (κ1) is 15.7. The molecule has 0 saturated carbocycles. The summed E-state index contributed by atoms with van der Waals surface area (Å²) in [6, 6.07) is 7.26. The number of aromatic amines is 1. The molecule has 2 aromatic rings. The number of rotatable bonds is 2. The molecule has 1 saturated heterocycles. The molecular weight excluding hydrogens is 320 g/mol. The molecule has 0 bridgehead atoms. The fraction of sp³-hybridized carbons (Fsp3) is 0.389. The summed E-state index contributed by atoms with van der Waals surface area (Å²) >= 11 is 0. The number of aryl methyl sites for hydroxylation is 1. The second-order valence-electron chi connectivity index (χ2n) is 6.59. The summed E-state index contributed by atoms with van der Waals surface area (Å²) in [5.74, 6) is 0.778. The van der Waals surface area contributed by atoms with Crippen molar-refractivity contribution in [1.29, 1.82) is 0 Å². The molecule has 3 heterocycles. The van der Waals surface area contributed by atoms with Gasteiger partial charge in [-0.25, -0.2) is 0 Å². The smallest absolute Gasteiger partial charge is 0.262 e. The Morgan fingerprint density at radius 2 is 2.08 bits per heavy atom. The molecule has 130 valence electrons. The number of H-pyrrole nitrogens is 1. The number of hydrogen-bond acceptors (Lipinski definition) is 4. The summed E-state index contributed by atoms with van der Waals surface area (Å²) in [7, 11) is 0. The van der Waals surface area contributed by atoms with Crippen LogP contribution in [0, 0.1) is 6.92 Å². The number of aromatic nitrogens is 2. The number of likely N-dealkylation sites (tertiary alicyclic amines) is 1. The number of ether oxygens (including phenoxy) is 1. The van der Waals surface area contributed by atoms with Gasteiger partial charge in [-0.15, -0.1) is 0 Å². The molecule has 7 heteroatoms. The van der Waals surface area contributed by atoms with Gasteiger partial charge in [0.25, 0.3) is 11.8 Å². The van der Waals surface area contributed by atoms with Gasteiger partial charge in [-0.2, -0.15) is 5.10 Å². The molecule has 25 heavy (non-hydrogen) atoms. The number of carbonyl (C=O) groups excluding carboxylic acids is 2. The van der Waals surface area contributed by atoms with Crippen molar-refractivity contribution < 1.29 is 14.3 Å². The Hall–Kier alpha value is -2.83. The summed E-state index contributed by atoms with van der Waals surface area (Å²) in [5, 5.41) is 10.1. The minimum atomic E-state index is -0.202. The fourth-order valence-corrected chi connectivity index (χ4v) is 3.43. The third kappa shape index (κ3) is 3.09. The van der Waals surface area contributed by atoms with E-state index < -0.39 is 0 Å². The number of fused-ring (bicyclic) bond motifs is 1. The Morgan fingerprint density at radius 1 is 1.28 bits per heavy atom. The Kier molecular flexibility index (Phi) is 3.91. The van der Waals surface area contributed by atoms with E-state index in [4.69, 9.17) is 4.74 Å². The molecule has 0 spiro atoms. The lowest BCUT2D eigenvalue weighted by molar-refractivity contribution is -0.118. The van der Waals surface area contributed by atoms with E-state index in [-0.39, 0.29) is 18.4 Å². The van der Waals surface area contributed by atoms with Crippen molar-refractivity contribution in [3.05, 3.63) is 41.2 Å². The lowest BCUT2D eigenvalue weighted by atomic mass is 9.93. The van der Waals surface area contributed by atoms with Crippen LogP contribution in [0.2, 0.25) is 0 Å². The molecule has 2 amide bonds. The third-order valence-corrected chi connectivity index (χ3v) is 4.79. The SMILES string of the molecule is Cc1cc(C2CCN(C(=O)c3ccc4c(c3)NC(=O)CO4)CC2)n[nH]1. The standard InChI is InChI=1S/C18H20N4O3/c1-11-8-14(21-20-11)12-4-6-22(7-5-12)18(24)13-2-3-16-15(9-13)19-17(23)10-25-16/h2-3,8-9,12H,4-7,10H2,1H3,(H,19,23)(H,20,21). The van der Waals surface area contributed by atoms with E-state index >= 15 is 0 Å². The molecule has 0 aliphatic carbocycles. The molecule has 2 N–H and O–H groups in total. The van der Waals surface area contributed by atoms with Crippen LogP contribution in [0.1, 0.15) is 40.5 Å². The highest BCUT2D eigenvalue weighted by Gasteiger charge is 2.27. The number of anilines is 1. The van der Waals surface area contributed by atoms with Gasteiger partial charge in [-0.1, -0.05) is 0 Å². The molecule has 1 aromatic carbocycles. The number of benzene rings is 1. The average molecular weight is 340 g/mol. The maximum atomic E-state index is 12.8. The third-order valence-electron chi connectivity index (χ3n) is 4.79. The molecule has 2 aliphatic rings. The van der Waals surface area contributed by atoms with Crippen molar-refractivity contribution in [3.8, 4) is 5.75 Å². The van der Waals surface area contributed by atoms with Crippen LogP contribution < -0.4 is 10.1 Å². The zero-order valence-corrected chi connectivity index (χ0v) is 14.0. The van der Waals surface area contributed by atoms with Gasteiger partial charge in [0.1, 0.15) is 5.75 Å². The highest BCUT2D eigenvalue weighted by molar-refractivity contribution is 5.99. The monoisotopic (exact) mass is 340 g/mol. The number of amides is 2. The van der Waals surface area contributed by atoms with Crippen molar-refractivity contribution in [2.75, 3.05) is 25.0 Å². The minimum Gasteiger partial charge on any atom is -0.482 e. The maximum absolute atomic E-state index is 12.8. The average Bonchev–Trinajstić information content (AvgIpc) is 3.07. The van der Waals surface area contributed by atoms with Crippen LogP contribution in [0.15, 0.2) is 24.3 Å². The summed E-state index contributed by atoms with van der Waals surface area (Å²) in [5.41, 5.74) is 3.27. The Balaban J connectivity index is 1.44. The molecule has 2 aliphatic heterocycles. The largest absolute Gasteiger partial charge is 0.482 e. The molecular formula is C18H20N4O3. The van der Waals surface area contributed by atoms with Gasteiger partial charge in [0.05, 0.1) is 11.4 Å². The van der Waals surface area contributed by atoms with Crippen LogP contribution in [-0.2, 0) is 4.79 Å². The van der Waals surface area contributed by atoms with Crippen molar-refractivity contribution >= 4 is 17.5 Å². The first-order valence-electron chi connectivity index (χ1n) is 8.48. The van der Waals surface area contributed by atoms with Crippen LogP contribution >= 0.6 is 0 Å². The van der Waals surface area contributed by atoms with Crippen molar-refractivity contribution in [3.63, 3.8) is 0 Å². The lowest BCUT2D eigenvalue weighted by Crippen LogP contribution is -2.38.